The molecular formula is C16H21NO. The highest BCUT2D eigenvalue weighted by molar-refractivity contribution is 5.85. The Hall–Kier alpha value is -1.38. The van der Waals surface area contributed by atoms with Crippen molar-refractivity contribution < 1.29 is 4.74 Å². The molecule has 0 amide bonds. The van der Waals surface area contributed by atoms with Crippen molar-refractivity contribution in [3.8, 4) is 0 Å². The van der Waals surface area contributed by atoms with Gasteiger partial charge in [-0.05, 0) is 29.3 Å². The average molecular weight is 243 g/mol. The summed E-state index contributed by atoms with van der Waals surface area (Å²) in [4.78, 5) is 0. The Bertz CT molecular complexity index is 476. The van der Waals surface area contributed by atoms with Crippen molar-refractivity contribution in [1.82, 2.24) is 5.32 Å². The largest absolute Gasteiger partial charge is 0.380 e. The van der Waals surface area contributed by atoms with Gasteiger partial charge in [-0.15, -0.1) is 0 Å². The summed E-state index contributed by atoms with van der Waals surface area (Å²) in [5.74, 6) is 0. The first-order chi connectivity index (χ1) is 8.92. The van der Waals surface area contributed by atoms with Gasteiger partial charge in [-0.2, -0.15) is 0 Å². The van der Waals surface area contributed by atoms with E-state index in [2.05, 4.69) is 54.7 Å². The van der Waals surface area contributed by atoms with Crippen LogP contribution in [0, 0.1) is 0 Å². The summed E-state index contributed by atoms with van der Waals surface area (Å²) in [6.45, 7) is 5.63. The summed E-state index contributed by atoms with van der Waals surface area (Å²) in [7, 11) is 0. The van der Waals surface area contributed by atoms with Gasteiger partial charge in [0.25, 0.3) is 0 Å². The number of hydrogen-bond acceptors (Lipinski definition) is 2. The molecule has 2 heteroatoms. The third-order valence-electron chi connectivity index (χ3n) is 3.07. The van der Waals surface area contributed by atoms with Crippen molar-refractivity contribution in [2.24, 2.45) is 0 Å². The van der Waals surface area contributed by atoms with Gasteiger partial charge in [0.15, 0.2) is 0 Å². The van der Waals surface area contributed by atoms with Crippen molar-refractivity contribution in [2.75, 3.05) is 26.3 Å². The smallest absolute Gasteiger partial charge is 0.0591 e. The number of ether oxygens (including phenoxy) is 1. The fraction of sp³-hybridized carbons (Fsp3) is 0.375. The number of rotatable bonds is 7. The highest BCUT2D eigenvalue weighted by atomic mass is 16.5. The molecule has 0 saturated carbocycles. The molecule has 0 bridgehead atoms. The highest BCUT2D eigenvalue weighted by Crippen LogP contribution is 2.18. The summed E-state index contributed by atoms with van der Waals surface area (Å²) in [6.07, 6.45) is 0.980. The molecule has 2 aromatic rings. The average Bonchev–Trinajstić information content (AvgIpc) is 2.43. The number of nitrogens with one attached hydrogen (secondary N) is 1. The second-order valence-corrected chi connectivity index (χ2v) is 4.35. The van der Waals surface area contributed by atoms with E-state index in [0.29, 0.717) is 0 Å². The Morgan fingerprint density at radius 3 is 2.72 bits per heavy atom. The standard InChI is InChI=1S/C16H21NO/c1-2-17-11-13-18-12-10-15-8-5-7-14-6-3-4-9-16(14)15/h3-9,17H,2,10-13H2,1H3. The van der Waals surface area contributed by atoms with Gasteiger partial charge < -0.3 is 10.1 Å². The van der Waals surface area contributed by atoms with Crippen LogP contribution in [0.4, 0.5) is 0 Å². The van der Waals surface area contributed by atoms with Crippen LogP contribution in [0.25, 0.3) is 10.8 Å². The van der Waals surface area contributed by atoms with Crippen LogP contribution in [0.1, 0.15) is 12.5 Å². The second-order valence-electron chi connectivity index (χ2n) is 4.35. The van der Waals surface area contributed by atoms with Crippen molar-refractivity contribution in [3.63, 3.8) is 0 Å². The van der Waals surface area contributed by atoms with E-state index in [1.165, 1.54) is 16.3 Å². The first kappa shape index (κ1) is 13.1. The first-order valence-electron chi connectivity index (χ1n) is 6.67. The van der Waals surface area contributed by atoms with Gasteiger partial charge in [0.2, 0.25) is 0 Å². The highest BCUT2D eigenvalue weighted by Gasteiger charge is 1.99. The summed E-state index contributed by atoms with van der Waals surface area (Å²) in [5, 5.41) is 5.90. The van der Waals surface area contributed by atoms with Crippen molar-refractivity contribution in [3.05, 3.63) is 48.0 Å². The van der Waals surface area contributed by atoms with Gasteiger partial charge in [0.05, 0.1) is 13.2 Å². The lowest BCUT2D eigenvalue weighted by atomic mass is 10.0. The molecule has 1 N–H and O–H groups in total. The Kier molecular flexibility index (Phi) is 5.18. The Labute approximate surface area is 109 Å². The molecule has 0 spiro atoms. The Balaban J connectivity index is 1.88. The SMILES string of the molecule is CCNCCOCCc1cccc2ccccc12. The summed E-state index contributed by atoms with van der Waals surface area (Å²) >= 11 is 0. The molecule has 0 unspecified atom stereocenters. The molecule has 0 aromatic heterocycles. The minimum atomic E-state index is 0.790. The zero-order chi connectivity index (χ0) is 12.6. The van der Waals surface area contributed by atoms with Gasteiger partial charge >= 0.3 is 0 Å². The van der Waals surface area contributed by atoms with Crippen molar-refractivity contribution in [1.29, 1.82) is 0 Å². The molecule has 0 saturated heterocycles. The molecular weight excluding hydrogens is 222 g/mol. The molecule has 0 radical (unpaired) electrons. The Morgan fingerprint density at radius 1 is 1.00 bits per heavy atom. The van der Waals surface area contributed by atoms with Crippen LogP contribution in [0.3, 0.4) is 0 Å². The molecule has 2 nitrogen and oxygen atoms in total. The molecule has 2 aromatic carbocycles. The summed E-state index contributed by atoms with van der Waals surface area (Å²) < 4.78 is 5.63. The lowest BCUT2D eigenvalue weighted by Gasteiger charge is -2.07. The fourth-order valence-electron chi connectivity index (χ4n) is 2.12. The minimum absolute atomic E-state index is 0.790. The molecule has 0 aliphatic rings. The third kappa shape index (κ3) is 3.56. The Morgan fingerprint density at radius 2 is 1.83 bits per heavy atom. The zero-order valence-corrected chi connectivity index (χ0v) is 11.0. The quantitative estimate of drug-likeness (QED) is 0.755. The van der Waals surface area contributed by atoms with E-state index in [1.54, 1.807) is 0 Å². The number of fused-ring (bicyclic) bond motifs is 1. The van der Waals surface area contributed by atoms with E-state index >= 15 is 0 Å². The molecule has 18 heavy (non-hydrogen) atoms. The molecule has 0 heterocycles. The second kappa shape index (κ2) is 7.14. The van der Waals surface area contributed by atoms with Crippen LogP contribution in [-0.4, -0.2) is 26.3 Å². The topological polar surface area (TPSA) is 21.3 Å². The van der Waals surface area contributed by atoms with Crippen LogP contribution >= 0.6 is 0 Å². The summed E-state index contributed by atoms with van der Waals surface area (Å²) in [6, 6.07) is 15.0. The number of hydrogen-bond donors (Lipinski definition) is 1. The van der Waals surface area contributed by atoms with Gasteiger partial charge in [0, 0.05) is 6.54 Å². The van der Waals surface area contributed by atoms with Crippen molar-refractivity contribution >= 4 is 10.8 Å². The van der Waals surface area contributed by atoms with E-state index in [9.17, 15) is 0 Å². The first-order valence-corrected chi connectivity index (χ1v) is 6.67. The van der Waals surface area contributed by atoms with Crippen molar-refractivity contribution in [2.45, 2.75) is 13.3 Å². The fourth-order valence-corrected chi connectivity index (χ4v) is 2.12. The zero-order valence-electron chi connectivity index (χ0n) is 11.0. The van der Waals surface area contributed by atoms with Gasteiger partial charge in [-0.1, -0.05) is 49.4 Å². The monoisotopic (exact) mass is 243 g/mol. The minimum Gasteiger partial charge on any atom is -0.380 e. The van der Waals surface area contributed by atoms with Crippen LogP contribution in [0.15, 0.2) is 42.5 Å². The maximum Gasteiger partial charge on any atom is 0.0591 e. The van der Waals surface area contributed by atoms with Crippen LogP contribution in [0.5, 0.6) is 0 Å². The summed E-state index contributed by atoms with van der Waals surface area (Å²) in [5.41, 5.74) is 1.37. The molecule has 96 valence electrons. The maximum absolute atomic E-state index is 5.63. The number of benzene rings is 2. The van der Waals surface area contributed by atoms with E-state index in [1.807, 2.05) is 0 Å². The number of likely N-dealkylation sites (N-methyl/N-ethyl adjacent to an activating group) is 1. The molecule has 0 fully saturated rings. The van der Waals surface area contributed by atoms with Gasteiger partial charge in [-0.3, -0.25) is 0 Å². The molecule has 0 atom stereocenters. The van der Waals surface area contributed by atoms with E-state index in [4.69, 9.17) is 4.74 Å². The van der Waals surface area contributed by atoms with E-state index in [-0.39, 0.29) is 0 Å². The molecule has 2 rings (SSSR count). The maximum atomic E-state index is 5.63. The lowest BCUT2D eigenvalue weighted by Crippen LogP contribution is -2.19. The molecule has 0 aliphatic heterocycles. The predicted molar refractivity (Wildman–Crippen MR) is 77.0 cm³/mol. The lowest BCUT2D eigenvalue weighted by molar-refractivity contribution is 0.139. The van der Waals surface area contributed by atoms with E-state index < -0.39 is 0 Å². The van der Waals surface area contributed by atoms with Crippen LogP contribution in [0.2, 0.25) is 0 Å². The predicted octanol–water partition coefficient (Wildman–Crippen LogP) is 3.01. The van der Waals surface area contributed by atoms with Gasteiger partial charge in [-0.25, -0.2) is 0 Å². The third-order valence-corrected chi connectivity index (χ3v) is 3.07. The molecule has 0 aliphatic carbocycles. The van der Waals surface area contributed by atoms with Crippen LogP contribution in [-0.2, 0) is 11.2 Å². The van der Waals surface area contributed by atoms with E-state index in [0.717, 1.165) is 32.7 Å². The normalized spacial score (nSPS) is 10.9. The van der Waals surface area contributed by atoms with Crippen LogP contribution < -0.4 is 5.32 Å². The van der Waals surface area contributed by atoms with Gasteiger partial charge in [0.1, 0.15) is 0 Å².